The molecule has 0 aliphatic heterocycles. The van der Waals surface area contributed by atoms with Gasteiger partial charge in [0.25, 0.3) is 0 Å². The van der Waals surface area contributed by atoms with Gasteiger partial charge in [-0.3, -0.25) is 9.59 Å². The third-order valence-electron chi connectivity index (χ3n) is 3.59. The fraction of sp³-hybridized carbons (Fsp3) is 0.158. The lowest BCUT2D eigenvalue weighted by atomic mass is 10.1. The molecule has 24 heavy (non-hydrogen) atoms. The lowest BCUT2D eigenvalue weighted by Gasteiger charge is -2.08. The number of carbonyl (C=O) groups excluding carboxylic acids is 1. The van der Waals surface area contributed by atoms with Gasteiger partial charge in [0.2, 0.25) is 0 Å². The van der Waals surface area contributed by atoms with Gasteiger partial charge in [0.15, 0.2) is 5.43 Å². The number of esters is 1. The fourth-order valence-corrected chi connectivity index (χ4v) is 2.36. The molecule has 0 aliphatic rings. The molecular weight excluding hydrogens is 328 g/mol. The molecule has 0 atom stereocenters. The van der Waals surface area contributed by atoms with Crippen LogP contribution in [0.5, 0.6) is 5.75 Å². The van der Waals surface area contributed by atoms with Crippen molar-refractivity contribution < 1.29 is 13.9 Å². The van der Waals surface area contributed by atoms with E-state index in [1.165, 1.54) is 6.26 Å². The SMILES string of the molecule is CC(C)C(=O)Oc1ccc2c(=O)c(-c3ccc(Cl)cc3)coc2c1. The van der Waals surface area contributed by atoms with Crippen LogP contribution in [0.15, 0.2) is 57.9 Å². The monoisotopic (exact) mass is 342 g/mol. The summed E-state index contributed by atoms with van der Waals surface area (Å²) >= 11 is 5.87. The van der Waals surface area contributed by atoms with Crippen LogP contribution in [0.1, 0.15) is 13.8 Å². The smallest absolute Gasteiger partial charge is 0.313 e. The largest absolute Gasteiger partial charge is 0.463 e. The highest BCUT2D eigenvalue weighted by atomic mass is 35.5. The van der Waals surface area contributed by atoms with Crippen molar-refractivity contribution in [2.45, 2.75) is 13.8 Å². The number of benzene rings is 2. The first kappa shape index (κ1) is 16.3. The Balaban J connectivity index is 2.02. The van der Waals surface area contributed by atoms with E-state index >= 15 is 0 Å². The second-order valence-electron chi connectivity index (χ2n) is 5.72. The second-order valence-corrected chi connectivity index (χ2v) is 6.16. The summed E-state index contributed by atoms with van der Waals surface area (Å²) in [4.78, 5) is 24.3. The van der Waals surface area contributed by atoms with Crippen molar-refractivity contribution in [2.24, 2.45) is 5.92 Å². The van der Waals surface area contributed by atoms with Crippen LogP contribution < -0.4 is 10.2 Å². The van der Waals surface area contributed by atoms with E-state index in [4.69, 9.17) is 20.8 Å². The zero-order valence-electron chi connectivity index (χ0n) is 13.2. The first-order chi connectivity index (χ1) is 11.5. The summed E-state index contributed by atoms with van der Waals surface area (Å²) in [6.45, 7) is 3.50. The molecule has 0 radical (unpaired) electrons. The summed E-state index contributed by atoms with van der Waals surface area (Å²) in [5.74, 6) is -0.224. The van der Waals surface area contributed by atoms with Crippen LogP contribution in [0.25, 0.3) is 22.1 Å². The van der Waals surface area contributed by atoms with Crippen molar-refractivity contribution in [3.63, 3.8) is 0 Å². The summed E-state index contributed by atoms with van der Waals surface area (Å²) in [7, 11) is 0. The molecule has 1 aromatic heterocycles. The maximum Gasteiger partial charge on any atom is 0.313 e. The van der Waals surface area contributed by atoms with E-state index in [9.17, 15) is 9.59 Å². The van der Waals surface area contributed by atoms with E-state index in [2.05, 4.69) is 0 Å². The van der Waals surface area contributed by atoms with E-state index in [1.54, 1.807) is 56.3 Å². The van der Waals surface area contributed by atoms with E-state index in [0.717, 1.165) is 5.56 Å². The Hall–Kier alpha value is -2.59. The first-order valence-electron chi connectivity index (χ1n) is 7.49. The average molecular weight is 343 g/mol. The summed E-state index contributed by atoms with van der Waals surface area (Å²) in [6, 6.07) is 11.7. The Morgan fingerprint density at radius 3 is 2.50 bits per heavy atom. The molecule has 0 aliphatic carbocycles. The van der Waals surface area contributed by atoms with E-state index < -0.39 is 0 Å². The van der Waals surface area contributed by atoms with Gasteiger partial charge in [0.1, 0.15) is 17.6 Å². The Bertz CT molecular complexity index is 955. The maximum atomic E-state index is 12.7. The molecule has 0 amide bonds. The van der Waals surface area contributed by atoms with Gasteiger partial charge in [-0.25, -0.2) is 0 Å². The zero-order valence-corrected chi connectivity index (χ0v) is 14.0. The van der Waals surface area contributed by atoms with Gasteiger partial charge in [-0.2, -0.15) is 0 Å². The van der Waals surface area contributed by atoms with Crippen molar-refractivity contribution in [3.05, 3.63) is 64.0 Å². The van der Waals surface area contributed by atoms with Crippen LogP contribution in [0.3, 0.4) is 0 Å². The minimum Gasteiger partial charge on any atom is -0.463 e. The highest BCUT2D eigenvalue weighted by molar-refractivity contribution is 6.30. The zero-order chi connectivity index (χ0) is 17.3. The molecule has 0 fully saturated rings. The molecule has 2 aromatic carbocycles. The Kier molecular flexibility index (Phi) is 4.40. The van der Waals surface area contributed by atoms with Gasteiger partial charge in [-0.1, -0.05) is 37.6 Å². The Morgan fingerprint density at radius 2 is 1.83 bits per heavy atom. The summed E-state index contributed by atoms with van der Waals surface area (Å²) in [5.41, 5.74) is 1.39. The van der Waals surface area contributed by atoms with Crippen LogP contribution in [-0.2, 0) is 4.79 Å². The van der Waals surface area contributed by atoms with Crippen LogP contribution in [0.2, 0.25) is 5.02 Å². The van der Waals surface area contributed by atoms with E-state index in [-0.39, 0.29) is 17.3 Å². The predicted octanol–water partition coefficient (Wildman–Crippen LogP) is 4.67. The topological polar surface area (TPSA) is 56.5 Å². The molecule has 122 valence electrons. The Morgan fingerprint density at radius 1 is 1.12 bits per heavy atom. The summed E-state index contributed by atoms with van der Waals surface area (Å²) in [5, 5.41) is 1.02. The van der Waals surface area contributed by atoms with E-state index in [1.807, 2.05) is 0 Å². The number of carbonyl (C=O) groups is 1. The molecule has 5 heteroatoms. The third-order valence-corrected chi connectivity index (χ3v) is 3.84. The minimum atomic E-state index is -0.338. The van der Waals surface area contributed by atoms with Gasteiger partial charge in [-0.05, 0) is 29.8 Å². The molecule has 4 nitrogen and oxygen atoms in total. The lowest BCUT2D eigenvalue weighted by Crippen LogP contribution is -2.14. The Labute approximate surface area is 143 Å². The first-order valence-corrected chi connectivity index (χ1v) is 7.86. The highest BCUT2D eigenvalue weighted by Crippen LogP contribution is 2.24. The van der Waals surface area contributed by atoms with Crippen LogP contribution in [0.4, 0.5) is 0 Å². The van der Waals surface area contributed by atoms with Crippen LogP contribution in [-0.4, -0.2) is 5.97 Å². The fourth-order valence-electron chi connectivity index (χ4n) is 2.23. The molecular formula is C19H15ClO4. The number of rotatable bonds is 3. The number of halogens is 1. The summed E-state index contributed by atoms with van der Waals surface area (Å²) < 4.78 is 10.8. The van der Waals surface area contributed by atoms with Gasteiger partial charge in [0, 0.05) is 11.1 Å². The number of hydrogen-bond acceptors (Lipinski definition) is 4. The van der Waals surface area contributed by atoms with Gasteiger partial charge >= 0.3 is 5.97 Å². The average Bonchev–Trinajstić information content (AvgIpc) is 2.56. The maximum absolute atomic E-state index is 12.7. The van der Waals surface area contributed by atoms with Gasteiger partial charge < -0.3 is 9.15 Å². The molecule has 3 aromatic rings. The minimum absolute atomic E-state index is 0.152. The van der Waals surface area contributed by atoms with E-state index in [0.29, 0.717) is 27.3 Å². The molecule has 1 heterocycles. The van der Waals surface area contributed by atoms with Crippen LogP contribution >= 0.6 is 11.6 Å². The number of fused-ring (bicyclic) bond motifs is 1. The molecule has 0 unspecified atom stereocenters. The normalized spacial score (nSPS) is 11.0. The lowest BCUT2D eigenvalue weighted by molar-refractivity contribution is -0.137. The number of hydrogen-bond donors (Lipinski definition) is 0. The standard InChI is InChI=1S/C19H15ClO4/c1-11(2)19(22)24-14-7-8-15-17(9-14)23-10-16(18(15)21)12-3-5-13(20)6-4-12/h3-11H,1-2H3. The predicted molar refractivity (Wildman–Crippen MR) is 93.4 cm³/mol. The van der Waals surface area contributed by atoms with Crippen molar-refractivity contribution in [3.8, 4) is 16.9 Å². The number of ether oxygens (including phenoxy) is 1. The van der Waals surface area contributed by atoms with Crippen molar-refractivity contribution >= 4 is 28.5 Å². The molecule has 0 bridgehead atoms. The molecule has 0 N–H and O–H groups in total. The molecule has 0 saturated heterocycles. The molecule has 0 spiro atoms. The second kappa shape index (κ2) is 6.49. The van der Waals surface area contributed by atoms with Crippen LogP contribution in [0, 0.1) is 5.92 Å². The van der Waals surface area contributed by atoms with Crippen molar-refractivity contribution in [1.29, 1.82) is 0 Å². The van der Waals surface area contributed by atoms with Gasteiger partial charge in [0.05, 0.1) is 16.9 Å². The summed E-state index contributed by atoms with van der Waals surface area (Å²) in [6.07, 6.45) is 1.40. The van der Waals surface area contributed by atoms with Gasteiger partial charge in [-0.15, -0.1) is 0 Å². The quantitative estimate of drug-likeness (QED) is 0.512. The molecule has 3 rings (SSSR count). The van der Waals surface area contributed by atoms with Crippen molar-refractivity contribution in [1.82, 2.24) is 0 Å². The van der Waals surface area contributed by atoms with Crippen molar-refractivity contribution in [2.75, 3.05) is 0 Å². The molecule has 0 saturated carbocycles. The third kappa shape index (κ3) is 3.19. The highest BCUT2D eigenvalue weighted by Gasteiger charge is 2.13.